The molecule has 5 heteroatoms. The molecule has 1 saturated carbocycles. The number of hydrogen-bond donors (Lipinski definition) is 1. The largest absolute Gasteiger partial charge is 0.466 e. The van der Waals surface area contributed by atoms with Crippen molar-refractivity contribution in [3.63, 3.8) is 0 Å². The van der Waals surface area contributed by atoms with Crippen molar-refractivity contribution in [2.75, 3.05) is 6.61 Å². The van der Waals surface area contributed by atoms with E-state index in [1.54, 1.807) is 6.92 Å². The van der Waals surface area contributed by atoms with E-state index in [9.17, 15) is 9.59 Å². The Balaban J connectivity index is 1.68. The van der Waals surface area contributed by atoms with Crippen LogP contribution in [0.3, 0.4) is 0 Å². The Hall–Kier alpha value is -2.04. The SMILES string of the molecule is CCOC(=O)[C@@H]1C[C@H]1NC(=O)OCc1ccccc1. The fourth-order valence-corrected chi connectivity index (χ4v) is 1.78. The summed E-state index contributed by atoms with van der Waals surface area (Å²) in [6.45, 7) is 2.35. The molecule has 0 aliphatic heterocycles. The quantitative estimate of drug-likeness (QED) is 0.824. The van der Waals surface area contributed by atoms with E-state index in [2.05, 4.69) is 5.32 Å². The van der Waals surface area contributed by atoms with Crippen molar-refractivity contribution in [3.8, 4) is 0 Å². The molecule has 1 aliphatic rings. The summed E-state index contributed by atoms with van der Waals surface area (Å²) in [5, 5.41) is 2.65. The molecular weight excluding hydrogens is 246 g/mol. The van der Waals surface area contributed by atoms with Gasteiger partial charge in [-0.2, -0.15) is 0 Å². The number of ether oxygens (including phenoxy) is 2. The van der Waals surface area contributed by atoms with Crippen LogP contribution in [0.5, 0.6) is 0 Å². The number of carbonyl (C=O) groups is 2. The van der Waals surface area contributed by atoms with Crippen molar-refractivity contribution >= 4 is 12.1 Å². The molecule has 1 aliphatic carbocycles. The highest BCUT2D eigenvalue weighted by atomic mass is 16.5. The van der Waals surface area contributed by atoms with Crippen LogP contribution in [0.25, 0.3) is 0 Å². The normalized spacial score (nSPS) is 20.5. The maximum atomic E-state index is 11.5. The van der Waals surface area contributed by atoms with Crippen molar-refractivity contribution in [1.82, 2.24) is 5.32 Å². The maximum Gasteiger partial charge on any atom is 0.407 e. The van der Waals surface area contributed by atoms with Crippen LogP contribution in [0.15, 0.2) is 30.3 Å². The summed E-state index contributed by atoms with van der Waals surface area (Å²) in [5.74, 6) is -0.472. The van der Waals surface area contributed by atoms with E-state index < -0.39 is 6.09 Å². The number of esters is 1. The lowest BCUT2D eigenvalue weighted by Crippen LogP contribution is -2.29. The Morgan fingerprint density at radius 2 is 2.00 bits per heavy atom. The molecule has 19 heavy (non-hydrogen) atoms. The predicted octanol–water partition coefficient (Wildman–Crippen LogP) is 1.86. The molecule has 102 valence electrons. The summed E-state index contributed by atoms with van der Waals surface area (Å²) in [5.41, 5.74) is 0.926. The van der Waals surface area contributed by atoms with Gasteiger partial charge in [0, 0.05) is 6.04 Å². The Kier molecular flexibility index (Phi) is 4.39. The summed E-state index contributed by atoms with van der Waals surface area (Å²) >= 11 is 0. The van der Waals surface area contributed by atoms with Crippen molar-refractivity contribution in [3.05, 3.63) is 35.9 Å². The van der Waals surface area contributed by atoms with Gasteiger partial charge in [-0.15, -0.1) is 0 Å². The first-order chi connectivity index (χ1) is 9.20. The third-order valence-electron chi connectivity index (χ3n) is 2.90. The van der Waals surface area contributed by atoms with Crippen LogP contribution in [-0.4, -0.2) is 24.7 Å². The summed E-state index contributed by atoms with van der Waals surface area (Å²) in [6.07, 6.45) is 0.125. The van der Waals surface area contributed by atoms with Crippen molar-refractivity contribution in [2.24, 2.45) is 5.92 Å². The molecule has 2 rings (SSSR count). The third kappa shape index (κ3) is 3.98. The van der Waals surface area contributed by atoms with Crippen molar-refractivity contribution in [2.45, 2.75) is 26.0 Å². The molecular formula is C14H17NO4. The van der Waals surface area contributed by atoms with Crippen LogP contribution in [0.2, 0.25) is 0 Å². The molecule has 0 aromatic heterocycles. The Labute approximate surface area is 111 Å². The highest BCUT2D eigenvalue weighted by Gasteiger charge is 2.45. The first-order valence-electron chi connectivity index (χ1n) is 6.34. The molecule has 1 N–H and O–H groups in total. The van der Waals surface area contributed by atoms with Crippen LogP contribution in [0.4, 0.5) is 4.79 Å². The summed E-state index contributed by atoms with van der Waals surface area (Å²) in [4.78, 5) is 22.9. The number of alkyl carbamates (subject to hydrolysis) is 1. The van der Waals surface area contributed by atoms with Crippen molar-refractivity contribution in [1.29, 1.82) is 0 Å². The number of carbonyl (C=O) groups excluding carboxylic acids is 2. The lowest BCUT2D eigenvalue weighted by Gasteiger charge is -2.06. The molecule has 5 nitrogen and oxygen atoms in total. The van der Waals surface area contributed by atoms with Gasteiger partial charge >= 0.3 is 12.1 Å². The van der Waals surface area contributed by atoms with Gasteiger partial charge in [-0.05, 0) is 18.9 Å². The lowest BCUT2D eigenvalue weighted by molar-refractivity contribution is -0.144. The lowest BCUT2D eigenvalue weighted by atomic mass is 10.2. The first-order valence-corrected chi connectivity index (χ1v) is 6.34. The van der Waals surface area contributed by atoms with Crippen LogP contribution in [0, 0.1) is 5.92 Å². The summed E-state index contributed by atoms with van der Waals surface area (Å²) < 4.78 is 9.94. The molecule has 0 radical (unpaired) electrons. The Bertz CT molecular complexity index is 446. The number of amides is 1. The molecule has 0 saturated heterocycles. The Morgan fingerprint density at radius 3 is 2.68 bits per heavy atom. The van der Waals surface area contributed by atoms with E-state index in [-0.39, 0.29) is 24.5 Å². The van der Waals surface area contributed by atoms with E-state index in [4.69, 9.17) is 9.47 Å². The van der Waals surface area contributed by atoms with E-state index in [0.29, 0.717) is 13.0 Å². The van der Waals surface area contributed by atoms with Gasteiger partial charge in [-0.25, -0.2) is 4.79 Å². The van der Waals surface area contributed by atoms with Crippen LogP contribution >= 0.6 is 0 Å². The summed E-state index contributed by atoms with van der Waals surface area (Å²) in [7, 11) is 0. The average Bonchev–Trinajstić information content (AvgIpc) is 3.17. The zero-order chi connectivity index (χ0) is 13.7. The highest BCUT2D eigenvalue weighted by Crippen LogP contribution is 2.31. The number of rotatable bonds is 5. The van der Waals surface area contributed by atoms with Gasteiger partial charge in [0.1, 0.15) is 6.61 Å². The molecule has 1 aromatic rings. The molecule has 1 fully saturated rings. The second-order valence-electron chi connectivity index (χ2n) is 4.41. The average molecular weight is 263 g/mol. The fourth-order valence-electron chi connectivity index (χ4n) is 1.78. The second kappa shape index (κ2) is 6.22. The van der Waals surface area contributed by atoms with Crippen molar-refractivity contribution < 1.29 is 19.1 Å². The van der Waals surface area contributed by atoms with Gasteiger partial charge in [0.2, 0.25) is 0 Å². The number of nitrogens with one attached hydrogen (secondary N) is 1. The van der Waals surface area contributed by atoms with E-state index in [1.807, 2.05) is 30.3 Å². The zero-order valence-electron chi connectivity index (χ0n) is 10.8. The smallest absolute Gasteiger partial charge is 0.407 e. The van der Waals surface area contributed by atoms with Crippen LogP contribution in [0.1, 0.15) is 18.9 Å². The third-order valence-corrected chi connectivity index (χ3v) is 2.90. The van der Waals surface area contributed by atoms with E-state index in [0.717, 1.165) is 5.56 Å². The molecule has 0 heterocycles. The van der Waals surface area contributed by atoms with Gasteiger partial charge in [-0.3, -0.25) is 4.79 Å². The van der Waals surface area contributed by atoms with Crippen LogP contribution in [-0.2, 0) is 20.9 Å². The standard InChI is InChI=1S/C14H17NO4/c1-2-18-13(16)11-8-12(11)15-14(17)19-9-10-6-4-3-5-7-10/h3-7,11-12H,2,8-9H2,1H3,(H,15,17)/t11-,12-/m1/s1. The van der Waals surface area contributed by atoms with Gasteiger partial charge < -0.3 is 14.8 Å². The maximum absolute atomic E-state index is 11.5. The zero-order valence-corrected chi connectivity index (χ0v) is 10.8. The number of hydrogen-bond acceptors (Lipinski definition) is 4. The van der Waals surface area contributed by atoms with Gasteiger partial charge in [0.25, 0.3) is 0 Å². The fraction of sp³-hybridized carbons (Fsp3) is 0.429. The minimum atomic E-state index is -0.499. The minimum absolute atomic E-state index is 0.151. The predicted molar refractivity (Wildman–Crippen MR) is 68.3 cm³/mol. The summed E-state index contributed by atoms with van der Waals surface area (Å²) in [6, 6.07) is 9.28. The first kappa shape index (κ1) is 13.4. The Morgan fingerprint density at radius 1 is 1.26 bits per heavy atom. The van der Waals surface area contributed by atoms with Crippen LogP contribution < -0.4 is 5.32 Å². The second-order valence-corrected chi connectivity index (χ2v) is 4.41. The minimum Gasteiger partial charge on any atom is -0.466 e. The molecule has 0 bridgehead atoms. The van der Waals surface area contributed by atoms with E-state index >= 15 is 0 Å². The highest BCUT2D eigenvalue weighted by molar-refractivity contribution is 5.78. The van der Waals surface area contributed by atoms with Gasteiger partial charge in [0.05, 0.1) is 12.5 Å². The molecule has 0 spiro atoms. The monoisotopic (exact) mass is 263 g/mol. The van der Waals surface area contributed by atoms with Gasteiger partial charge in [-0.1, -0.05) is 30.3 Å². The molecule has 0 unspecified atom stereocenters. The van der Waals surface area contributed by atoms with E-state index in [1.165, 1.54) is 0 Å². The van der Waals surface area contributed by atoms with Gasteiger partial charge in [0.15, 0.2) is 0 Å². The molecule has 1 amide bonds. The molecule has 1 aromatic carbocycles. The molecule has 2 atom stereocenters. The number of benzene rings is 1. The topological polar surface area (TPSA) is 64.6 Å².